The number of alkyl halides is 1. The zero-order chi connectivity index (χ0) is 17.4. The van der Waals surface area contributed by atoms with Crippen molar-refractivity contribution in [2.75, 3.05) is 13.1 Å². The van der Waals surface area contributed by atoms with E-state index in [0.717, 1.165) is 10.9 Å². The second-order valence-corrected chi connectivity index (χ2v) is 7.31. The second-order valence-electron chi connectivity index (χ2n) is 7.31. The normalized spacial score (nSPS) is 17.8. The Balaban J connectivity index is 1.78. The van der Waals surface area contributed by atoms with Crippen LogP contribution < -0.4 is 0 Å². The maximum atomic E-state index is 15.6. The number of amides is 1. The maximum absolute atomic E-state index is 15.6. The third kappa shape index (κ3) is 3.35. The number of benzene rings is 1. The summed E-state index contributed by atoms with van der Waals surface area (Å²) in [5.74, 6) is 0. The number of carbonyl (C=O) groups excluding carboxylic acids is 1. The van der Waals surface area contributed by atoms with Crippen molar-refractivity contribution in [3.05, 3.63) is 42.1 Å². The first-order chi connectivity index (χ1) is 11.3. The van der Waals surface area contributed by atoms with E-state index in [-0.39, 0.29) is 18.9 Å². The lowest BCUT2D eigenvalue weighted by atomic mass is 9.84. The van der Waals surface area contributed by atoms with Crippen LogP contribution in [0, 0.1) is 0 Å². The molecule has 128 valence electrons. The fourth-order valence-corrected chi connectivity index (χ4v) is 3.13. The van der Waals surface area contributed by atoms with Gasteiger partial charge in [0.05, 0.1) is 5.52 Å². The van der Waals surface area contributed by atoms with E-state index in [9.17, 15) is 4.79 Å². The zero-order valence-corrected chi connectivity index (χ0v) is 14.4. The first kappa shape index (κ1) is 16.7. The van der Waals surface area contributed by atoms with Gasteiger partial charge < -0.3 is 9.64 Å². The highest BCUT2D eigenvalue weighted by Gasteiger charge is 2.39. The molecule has 0 N–H and O–H groups in total. The molecule has 0 unspecified atom stereocenters. The van der Waals surface area contributed by atoms with Gasteiger partial charge in [-0.2, -0.15) is 0 Å². The van der Waals surface area contributed by atoms with Gasteiger partial charge in [-0.25, -0.2) is 9.18 Å². The van der Waals surface area contributed by atoms with E-state index < -0.39 is 11.3 Å². The monoisotopic (exact) mass is 330 g/mol. The predicted molar refractivity (Wildman–Crippen MR) is 91.6 cm³/mol. The van der Waals surface area contributed by atoms with Crippen molar-refractivity contribution in [2.24, 2.45) is 0 Å². The lowest BCUT2D eigenvalue weighted by molar-refractivity contribution is 0.00251. The number of para-hydroxylation sites is 1. The number of aromatic nitrogens is 1. The van der Waals surface area contributed by atoms with Crippen LogP contribution in [0.15, 0.2) is 36.5 Å². The fourth-order valence-electron chi connectivity index (χ4n) is 3.13. The third-order valence-electron chi connectivity index (χ3n) is 4.34. The van der Waals surface area contributed by atoms with Gasteiger partial charge in [0, 0.05) is 43.1 Å². The topological polar surface area (TPSA) is 42.4 Å². The quantitative estimate of drug-likeness (QED) is 0.777. The number of hydrogen-bond donors (Lipinski definition) is 0. The summed E-state index contributed by atoms with van der Waals surface area (Å²) in [6, 6.07) is 9.34. The number of carbonyl (C=O) groups is 1. The van der Waals surface area contributed by atoms with Crippen molar-refractivity contribution < 1.29 is 13.9 Å². The SMILES string of the molecule is CC(C)(C)OC(=O)N1CCC(F)(c2ccnc3ccccc23)CC1. The molecule has 24 heavy (non-hydrogen) atoms. The van der Waals surface area contributed by atoms with E-state index >= 15 is 4.39 Å². The first-order valence-corrected chi connectivity index (χ1v) is 8.30. The van der Waals surface area contributed by atoms with Crippen LogP contribution in [0.3, 0.4) is 0 Å². The minimum absolute atomic E-state index is 0.264. The number of hydrogen-bond acceptors (Lipinski definition) is 3. The van der Waals surface area contributed by atoms with Crippen molar-refractivity contribution >= 4 is 17.0 Å². The first-order valence-electron chi connectivity index (χ1n) is 8.30. The molecule has 4 nitrogen and oxygen atoms in total. The van der Waals surface area contributed by atoms with Crippen LogP contribution in [-0.2, 0) is 10.4 Å². The number of ether oxygens (including phenoxy) is 1. The van der Waals surface area contributed by atoms with Gasteiger partial charge in [0.2, 0.25) is 0 Å². The molecule has 0 radical (unpaired) electrons. The number of piperidine rings is 1. The summed E-state index contributed by atoms with van der Waals surface area (Å²) in [5.41, 5.74) is -0.525. The molecule has 3 rings (SSSR count). The smallest absolute Gasteiger partial charge is 0.410 e. The summed E-state index contributed by atoms with van der Waals surface area (Å²) in [6.07, 6.45) is 1.81. The molecule has 1 fully saturated rings. The lowest BCUT2D eigenvalue weighted by Crippen LogP contribution is -2.45. The summed E-state index contributed by atoms with van der Waals surface area (Å²) in [7, 11) is 0. The second kappa shape index (κ2) is 6.04. The molecule has 0 aliphatic carbocycles. The molecule has 1 aromatic heterocycles. The molecule has 1 aliphatic rings. The van der Waals surface area contributed by atoms with Crippen LogP contribution in [0.1, 0.15) is 39.2 Å². The Morgan fingerprint density at radius 2 is 1.88 bits per heavy atom. The van der Waals surface area contributed by atoms with Crippen LogP contribution in [0.5, 0.6) is 0 Å². The number of rotatable bonds is 1. The number of pyridine rings is 1. The predicted octanol–water partition coefficient (Wildman–Crippen LogP) is 4.43. The highest BCUT2D eigenvalue weighted by Crippen LogP contribution is 2.40. The number of halogens is 1. The van der Waals surface area contributed by atoms with E-state index in [1.54, 1.807) is 17.2 Å². The van der Waals surface area contributed by atoms with Gasteiger partial charge in [0.15, 0.2) is 0 Å². The standard InChI is InChI=1S/C19H23FN2O2/c1-18(2,3)24-17(23)22-12-9-19(20,10-13-22)15-8-11-21-16-7-5-4-6-14(15)16/h4-8,11H,9-10,12-13H2,1-3H3. The number of likely N-dealkylation sites (tertiary alicyclic amines) is 1. The summed E-state index contributed by atoms with van der Waals surface area (Å²) >= 11 is 0. The fraction of sp³-hybridized carbons (Fsp3) is 0.474. The van der Waals surface area contributed by atoms with Crippen LogP contribution >= 0.6 is 0 Å². The number of fused-ring (bicyclic) bond motifs is 1. The van der Waals surface area contributed by atoms with E-state index in [4.69, 9.17) is 4.74 Å². The van der Waals surface area contributed by atoms with Crippen LogP contribution in [0.2, 0.25) is 0 Å². The van der Waals surface area contributed by atoms with Crippen molar-refractivity contribution in [3.63, 3.8) is 0 Å². The van der Waals surface area contributed by atoms with Crippen LogP contribution in [-0.4, -0.2) is 34.7 Å². The van der Waals surface area contributed by atoms with E-state index in [1.165, 1.54) is 0 Å². The Morgan fingerprint density at radius 3 is 2.54 bits per heavy atom. The van der Waals surface area contributed by atoms with Crippen LogP contribution in [0.4, 0.5) is 9.18 Å². The average molecular weight is 330 g/mol. The maximum Gasteiger partial charge on any atom is 0.410 e. The summed E-state index contributed by atoms with van der Waals surface area (Å²) < 4.78 is 21.0. The highest BCUT2D eigenvalue weighted by molar-refractivity contribution is 5.82. The van der Waals surface area contributed by atoms with Gasteiger partial charge in [-0.05, 0) is 32.9 Å². The van der Waals surface area contributed by atoms with E-state index in [1.807, 2.05) is 45.0 Å². The Bertz CT molecular complexity index is 741. The van der Waals surface area contributed by atoms with Crippen molar-refractivity contribution in [1.29, 1.82) is 0 Å². The molecule has 0 atom stereocenters. The molecule has 5 heteroatoms. The molecule has 0 bridgehead atoms. The Morgan fingerprint density at radius 1 is 1.21 bits per heavy atom. The molecule has 1 aromatic carbocycles. The molecule has 0 spiro atoms. The van der Waals surface area contributed by atoms with Crippen LogP contribution in [0.25, 0.3) is 10.9 Å². The molecule has 1 aliphatic heterocycles. The largest absolute Gasteiger partial charge is 0.444 e. The highest BCUT2D eigenvalue weighted by atomic mass is 19.1. The Hall–Kier alpha value is -2.17. The average Bonchev–Trinajstić information content (AvgIpc) is 2.53. The van der Waals surface area contributed by atoms with Gasteiger partial charge in [0.25, 0.3) is 0 Å². The molecule has 1 amide bonds. The molecule has 0 saturated carbocycles. The van der Waals surface area contributed by atoms with E-state index in [2.05, 4.69) is 4.98 Å². The summed E-state index contributed by atoms with van der Waals surface area (Å²) in [6.45, 7) is 6.19. The molecular formula is C19H23FN2O2. The lowest BCUT2D eigenvalue weighted by Gasteiger charge is -2.37. The van der Waals surface area contributed by atoms with Crippen molar-refractivity contribution in [1.82, 2.24) is 9.88 Å². The van der Waals surface area contributed by atoms with Crippen molar-refractivity contribution in [3.8, 4) is 0 Å². The molecular weight excluding hydrogens is 307 g/mol. The van der Waals surface area contributed by atoms with Gasteiger partial charge in [-0.15, -0.1) is 0 Å². The summed E-state index contributed by atoms with van der Waals surface area (Å²) in [4.78, 5) is 18.0. The van der Waals surface area contributed by atoms with Gasteiger partial charge in [-0.3, -0.25) is 4.98 Å². The Labute approximate surface area is 141 Å². The molecule has 2 aromatic rings. The minimum Gasteiger partial charge on any atom is -0.444 e. The van der Waals surface area contributed by atoms with Gasteiger partial charge in [0.1, 0.15) is 11.3 Å². The minimum atomic E-state index is -1.44. The van der Waals surface area contributed by atoms with E-state index in [0.29, 0.717) is 18.7 Å². The van der Waals surface area contributed by atoms with Gasteiger partial charge >= 0.3 is 6.09 Å². The molecule has 2 heterocycles. The van der Waals surface area contributed by atoms with Gasteiger partial charge in [-0.1, -0.05) is 18.2 Å². The Kier molecular flexibility index (Phi) is 4.20. The molecule has 1 saturated heterocycles. The third-order valence-corrected chi connectivity index (χ3v) is 4.34. The number of nitrogens with zero attached hydrogens (tertiary/aromatic N) is 2. The van der Waals surface area contributed by atoms with Crippen molar-refractivity contribution in [2.45, 2.75) is 44.9 Å². The summed E-state index contributed by atoms with van der Waals surface area (Å²) in [5, 5.41) is 0.841. The zero-order valence-electron chi connectivity index (χ0n) is 14.4.